The van der Waals surface area contributed by atoms with Crippen molar-refractivity contribution >= 4 is 45.7 Å². The fraction of sp³-hybridized carbons (Fsp3) is 0.375. The molecule has 0 saturated carbocycles. The average Bonchev–Trinajstić information content (AvgIpc) is 2.88. The van der Waals surface area contributed by atoms with Crippen molar-refractivity contribution in [3.63, 3.8) is 0 Å². The van der Waals surface area contributed by atoms with Gasteiger partial charge in [-0.1, -0.05) is 35.3 Å². The molecule has 1 aliphatic carbocycles. The Morgan fingerprint density at radius 1 is 1.03 bits per heavy atom. The van der Waals surface area contributed by atoms with Crippen LogP contribution in [0, 0.1) is 0 Å². The topological polar surface area (TPSA) is 46.1 Å². The zero-order valence-corrected chi connectivity index (χ0v) is 18.4. The molecule has 1 amide bonds. The third-order valence-corrected chi connectivity index (χ3v) is 6.87. The maximum atomic E-state index is 13.1. The largest absolute Gasteiger partial charge is 0.334 e. The molecule has 1 aliphatic heterocycles. The van der Waals surface area contributed by atoms with E-state index in [-0.39, 0.29) is 12.5 Å². The molecule has 3 aromatic rings. The van der Waals surface area contributed by atoms with Crippen molar-refractivity contribution < 1.29 is 4.79 Å². The molecule has 2 aromatic carbocycles. The Balaban J connectivity index is 1.51. The molecule has 30 heavy (non-hydrogen) atoms. The number of anilines is 1. The molecule has 4 nitrogen and oxygen atoms in total. The van der Waals surface area contributed by atoms with Gasteiger partial charge in [-0.15, -0.1) is 0 Å². The summed E-state index contributed by atoms with van der Waals surface area (Å²) in [5, 5.41) is 8.93. The van der Waals surface area contributed by atoms with E-state index in [0.717, 1.165) is 55.4 Å². The minimum atomic E-state index is -0.0168. The van der Waals surface area contributed by atoms with E-state index < -0.39 is 0 Å². The van der Waals surface area contributed by atoms with Gasteiger partial charge in [0.05, 0.1) is 10.5 Å². The first-order chi connectivity index (χ1) is 14.6. The van der Waals surface area contributed by atoms with Crippen LogP contribution in [0.25, 0.3) is 10.9 Å². The lowest BCUT2D eigenvalue weighted by atomic mass is 9.90. The molecule has 5 rings (SSSR count). The van der Waals surface area contributed by atoms with Gasteiger partial charge in [0.15, 0.2) is 0 Å². The molecule has 1 aromatic heterocycles. The second-order valence-electron chi connectivity index (χ2n) is 8.24. The molecular formula is C24H25Cl2N3O. The molecule has 2 aliphatic rings. The molecule has 0 fully saturated rings. The van der Waals surface area contributed by atoms with Crippen molar-refractivity contribution in [2.45, 2.75) is 45.1 Å². The van der Waals surface area contributed by atoms with Gasteiger partial charge >= 0.3 is 0 Å². The van der Waals surface area contributed by atoms with Crippen molar-refractivity contribution in [3.05, 3.63) is 62.8 Å². The number of benzene rings is 2. The normalized spacial score (nSPS) is 16.1. The van der Waals surface area contributed by atoms with Crippen LogP contribution in [-0.2, 0) is 37.0 Å². The van der Waals surface area contributed by atoms with Gasteiger partial charge in [0.25, 0.3) is 0 Å². The van der Waals surface area contributed by atoms with Crippen molar-refractivity contribution in [1.82, 2.24) is 9.88 Å². The molecule has 6 heteroatoms. The van der Waals surface area contributed by atoms with Crippen LogP contribution in [0.4, 0.5) is 5.69 Å². The predicted molar refractivity (Wildman–Crippen MR) is 124 cm³/mol. The zero-order valence-electron chi connectivity index (χ0n) is 16.9. The van der Waals surface area contributed by atoms with Gasteiger partial charge in [0.2, 0.25) is 5.91 Å². The summed E-state index contributed by atoms with van der Waals surface area (Å²) in [5.41, 5.74) is 6.97. The average molecular weight is 442 g/mol. The molecule has 156 valence electrons. The lowest BCUT2D eigenvalue weighted by Gasteiger charge is -2.20. The van der Waals surface area contributed by atoms with Gasteiger partial charge in [-0.3, -0.25) is 4.79 Å². The molecule has 2 N–H and O–H groups in total. The Morgan fingerprint density at radius 2 is 1.87 bits per heavy atom. The van der Waals surface area contributed by atoms with Crippen LogP contribution in [0.15, 0.2) is 30.3 Å². The van der Waals surface area contributed by atoms with E-state index >= 15 is 0 Å². The second-order valence-corrected chi connectivity index (χ2v) is 9.09. The third kappa shape index (κ3) is 3.62. The number of hydrogen-bond donors (Lipinski definition) is 2. The monoisotopic (exact) mass is 441 g/mol. The number of fused-ring (bicyclic) bond motifs is 4. The van der Waals surface area contributed by atoms with Crippen LogP contribution in [0.5, 0.6) is 0 Å². The van der Waals surface area contributed by atoms with Crippen molar-refractivity contribution in [2.24, 2.45) is 0 Å². The van der Waals surface area contributed by atoms with E-state index in [4.69, 9.17) is 23.2 Å². The number of rotatable bonds is 3. The summed E-state index contributed by atoms with van der Waals surface area (Å²) in [6.07, 6.45) is 6.30. The highest BCUT2D eigenvalue weighted by molar-refractivity contribution is 6.38. The minimum Gasteiger partial charge on any atom is -0.334 e. The molecule has 0 spiro atoms. The maximum Gasteiger partial charge on any atom is 0.244 e. The summed E-state index contributed by atoms with van der Waals surface area (Å²) in [5.74, 6) is -0.0168. The van der Waals surface area contributed by atoms with Gasteiger partial charge in [-0.25, -0.2) is 0 Å². The van der Waals surface area contributed by atoms with E-state index in [2.05, 4.69) is 21.3 Å². The number of aromatic nitrogens is 1. The standard InChI is InChI=1S/C24H25Cl2N3O/c25-16-12-19-18-8-10-27-11-9-22(18)29(24(19)20(26)13-16)14-23(30)28-21-7-3-5-15-4-1-2-6-17(15)21/h3,5,7,12-13,27H,1-2,4,6,8-11,14H2,(H,28,30). The third-order valence-electron chi connectivity index (χ3n) is 6.36. The Hall–Kier alpha value is -2.01. The molecule has 0 radical (unpaired) electrons. The number of hydrogen-bond acceptors (Lipinski definition) is 2. The minimum absolute atomic E-state index is 0.0168. The lowest BCUT2D eigenvalue weighted by molar-refractivity contribution is -0.116. The lowest BCUT2D eigenvalue weighted by Crippen LogP contribution is -2.22. The highest BCUT2D eigenvalue weighted by Crippen LogP contribution is 2.36. The first-order valence-corrected chi connectivity index (χ1v) is 11.5. The zero-order chi connectivity index (χ0) is 20.7. The second kappa shape index (κ2) is 8.26. The number of carbonyl (C=O) groups excluding carboxylic acids is 1. The Bertz CT molecular complexity index is 1140. The number of nitrogens with zero attached hydrogens (tertiary/aromatic N) is 1. The fourth-order valence-corrected chi connectivity index (χ4v) is 5.64. The molecule has 0 atom stereocenters. The Labute approximate surface area is 186 Å². The first kappa shape index (κ1) is 19.9. The van der Waals surface area contributed by atoms with Gasteiger partial charge in [-0.2, -0.15) is 0 Å². The number of amides is 1. The van der Waals surface area contributed by atoms with Crippen LogP contribution >= 0.6 is 23.2 Å². The molecular weight excluding hydrogens is 417 g/mol. The van der Waals surface area contributed by atoms with E-state index in [1.165, 1.54) is 35.2 Å². The fourth-order valence-electron chi connectivity index (χ4n) is 5.04. The number of carbonyl (C=O) groups is 1. The van der Waals surface area contributed by atoms with Gasteiger partial charge in [0, 0.05) is 34.8 Å². The molecule has 0 bridgehead atoms. The first-order valence-electron chi connectivity index (χ1n) is 10.7. The molecule has 0 saturated heterocycles. The van der Waals surface area contributed by atoms with Crippen LogP contribution in [0.2, 0.25) is 10.0 Å². The van der Waals surface area contributed by atoms with Crippen molar-refractivity contribution in [2.75, 3.05) is 18.4 Å². The number of nitrogens with one attached hydrogen (secondary N) is 2. The molecule has 0 unspecified atom stereocenters. The molecule has 2 heterocycles. The SMILES string of the molecule is O=C(Cn1c2c(c3cc(Cl)cc(Cl)c31)CCNCC2)Nc1cccc2c1CCCC2. The summed E-state index contributed by atoms with van der Waals surface area (Å²) in [4.78, 5) is 13.1. The Morgan fingerprint density at radius 3 is 2.77 bits per heavy atom. The smallest absolute Gasteiger partial charge is 0.244 e. The van der Waals surface area contributed by atoms with Gasteiger partial charge in [0.1, 0.15) is 6.54 Å². The highest BCUT2D eigenvalue weighted by Gasteiger charge is 2.23. The van der Waals surface area contributed by atoms with E-state index in [1.54, 1.807) is 6.07 Å². The van der Waals surface area contributed by atoms with Crippen molar-refractivity contribution in [3.8, 4) is 0 Å². The summed E-state index contributed by atoms with van der Waals surface area (Å²) >= 11 is 12.9. The summed E-state index contributed by atoms with van der Waals surface area (Å²) in [6, 6.07) is 9.99. The van der Waals surface area contributed by atoms with Crippen LogP contribution in [-0.4, -0.2) is 23.6 Å². The van der Waals surface area contributed by atoms with Gasteiger partial charge in [-0.05, 0) is 73.5 Å². The summed E-state index contributed by atoms with van der Waals surface area (Å²) < 4.78 is 2.10. The van der Waals surface area contributed by atoms with E-state index in [0.29, 0.717) is 10.0 Å². The van der Waals surface area contributed by atoms with E-state index in [9.17, 15) is 4.79 Å². The van der Waals surface area contributed by atoms with Crippen LogP contribution in [0.3, 0.4) is 0 Å². The van der Waals surface area contributed by atoms with Crippen LogP contribution in [0.1, 0.15) is 35.2 Å². The predicted octanol–water partition coefficient (Wildman–Crippen LogP) is 5.15. The highest BCUT2D eigenvalue weighted by atomic mass is 35.5. The summed E-state index contributed by atoms with van der Waals surface area (Å²) in [6.45, 7) is 2.05. The van der Waals surface area contributed by atoms with E-state index in [1.807, 2.05) is 18.2 Å². The number of aryl methyl sites for hydroxylation is 1. The quantitative estimate of drug-likeness (QED) is 0.589. The number of halogens is 2. The van der Waals surface area contributed by atoms with Gasteiger partial charge < -0.3 is 15.2 Å². The van der Waals surface area contributed by atoms with Crippen molar-refractivity contribution in [1.29, 1.82) is 0 Å². The maximum absolute atomic E-state index is 13.1. The summed E-state index contributed by atoms with van der Waals surface area (Å²) in [7, 11) is 0. The van der Waals surface area contributed by atoms with Crippen LogP contribution < -0.4 is 10.6 Å². The Kier molecular flexibility index (Phi) is 5.48.